The quantitative estimate of drug-likeness (QED) is 0.711. The van der Waals surface area contributed by atoms with Crippen molar-refractivity contribution in [2.24, 2.45) is 5.92 Å². The predicted octanol–water partition coefficient (Wildman–Crippen LogP) is 0.397. The fourth-order valence-corrected chi connectivity index (χ4v) is 3.26. The molecule has 92 valence electrons. The van der Waals surface area contributed by atoms with Crippen molar-refractivity contribution >= 4 is 17.7 Å². The van der Waals surface area contributed by atoms with Crippen LogP contribution in [0.4, 0.5) is 0 Å². The molecule has 2 fully saturated rings. The summed E-state index contributed by atoms with van der Waals surface area (Å²) < 4.78 is 5.70. The number of ether oxygens (including phenoxy) is 1. The largest absolute Gasteiger partial charge is 0.394 e. The topological polar surface area (TPSA) is 58.6 Å². The van der Waals surface area contributed by atoms with Gasteiger partial charge in [0.25, 0.3) is 0 Å². The Labute approximate surface area is 100 Å². The second kappa shape index (κ2) is 5.38. The molecule has 16 heavy (non-hydrogen) atoms. The highest BCUT2D eigenvalue weighted by molar-refractivity contribution is 7.99. The number of thioether (sulfide) groups is 1. The lowest BCUT2D eigenvalue weighted by molar-refractivity contribution is -0.124. The number of hydrogen-bond donors (Lipinski definition) is 2. The number of rotatable bonds is 6. The van der Waals surface area contributed by atoms with Crippen LogP contribution < -0.4 is 5.32 Å². The molecule has 1 aliphatic carbocycles. The van der Waals surface area contributed by atoms with Gasteiger partial charge in [-0.15, -0.1) is 0 Å². The van der Waals surface area contributed by atoms with Gasteiger partial charge < -0.3 is 15.2 Å². The van der Waals surface area contributed by atoms with Crippen LogP contribution in [0.25, 0.3) is 0 Å². The van der Waals surface area contributed by atoms with E-state index in [9.17, 15) is 4.79 Å². The van der Waals surface area contributed by atoms with Crippen molar-refractivity contribution in [1.82, 2.24) is 5.32 Å². The highest BCUT2D eigenvalue weighted by Gasteiger charge is 2.37. The zero-order valence-corrected chi connectivity index (χ0v) is 10.2. The summed E-state index contributed by atoms with van der Waals surface area (Å²) in [7, 11) is 0. The molecule has 4 nitrogen and oxygen atoms in total. The van der Waals surface area contributed by atoms with Gasteiger partial charge in [0.15, 0.2) is 0 Å². The molecule has 2 rings (SSSR count). The first-order valence-corrected chi connectivity index (χ1v) is 7.01. The summed E-state index contributed by atoms with van der Waals surface area (Å²) >= 11 is 1.85. The molecule has 0 bridgehead atoms. The highest BCUT2D eigenvalue weighted by Crippen LogP contribution is 2.32. The Balaban J connectivity index is 1.79. The van der Waals surface area contributed by atoms with E-state index in [2.05, 4.69) is 5.32 Å². The maximum atomic E-state index is 11.6. The van der Waals surface area contributed by atoms with E-state index in [0.29, 0.717) is 13.2 Å². The van der Waals surface area contributed by atoms with Gasteiger partial charge in [0.2, 0.25) is 5.91 Å². The third-order valence-electron chi connectivity index (χ3n) is 3.10. The van der Waals surface area contributed by atoms with Gasteiger partial charge in [0.05, 0.1) is 18.8 Å². The van der Waals surface area contributed by atoms with Gasteiger partial charge in [0.1, 0.15) is 0 Å². The first-order chi connectivity index (χ1) is 7.76. The Morgan fingerprint density at radius 2 is 2.38 bits per heavy atom. The van der Waals surface area contributed by atoms with Crippen molar-refractivity contribution in [2.75, 3.05) is 31.3 Å². The van der Waals surface area contributed by atoms with Crippen molar-refractivity contribution in [2.45, 2.75) is 24.9 Å². The summed E-state index contributed by atoms with van der Waals surface area (Å²) in [5.41, 5.74) is -0.238. The average molecular weight is 245 g/mol. The van der Waals surface area contributed by atoms with Gasteiger partial charge in [0, 0.05) is 18.2 Å². The van der Waals surface area contributed by atoms with Crippen LogP contribution in [0.15, 0.2) is 0 Å². The van der Waals surface area contributed by atoms with Crippen LogP contribution >= 0.6 is 11.8 Å². The van der Waals surface area contributed by atoms with E-state index in [1.807, 2.05) is 11.8 Å². The lowest BCUT2D eigenvalue weighted by Gasteiger charge is -2.28. The average Bonchev–Trinajstić information content (AvgIpc) is 3.05. The zero-order chi connectivity index (χ0) is 11.4. The van der Waals surface area contributed by atoms with E-state index < -0.39 is 0 Å². The monoisotopic (exact) mass is 245 g/mol. The zero-order valence-electron chi connectivity index (χ0n) is 9.41. The molecule has 0 aromatic heterocycles. The molecule has 2 aliphatic rings. The molecule has 1 saturated carbocycles. The van der Waals surface area contributed by atoms with Crippen molar-refractivity contribution in [1.29, 1.82) is 0 Å². The molecule has 1 aliphatic heterocycles. The second-order valence-electron chi connectivity index (χ2n) is 4.55. The molecule has 0 aromatic rings. The van der Waals surface area contributed by atoms with Crippen molar-refractivity contribution in [3.63, 3.8) is 0 Å². The number of aliphatic hydroxyl groups excluding tert-OH is 1. The normalized spacial score (nSPS) is 29.3. The Morgan fingerprint density at radius 1 is 1.56 bits per heavy atom. The van der Waals surface area contributed by atoms with Crippen molar-refractivity contribution in [3.05, 3.63) is 0 Å². The maximum Gasteiger partial charge on any atom is 0.223 e. The SMILES string of the molecule is O=C(NCC1(OCCO)CCSC1)C1CC1. The number of carbonyl (C=O) groups excluding carboxylic acids is 1. The first kappa shape index (κ1) is 12.2. The molecule has 0 spiro atoms. The van der Waals surface area contributed by atoms with Crippen molar-refractivity contribution in [3.8, 4) is 0 Å². The van der Waals surface area contributed by atoms with Gasteiger partial charge >= 0.3 is 0 Å². The summed E-state index contributed by atoms with van der Waals surface area (Å²) in [6, 6.07) is 0. The molecule has 0 aromatic carbocycles. The van der Waals surface area contributed by atoms with Crippen LogP contribution in [0.3, 0.4) is 0 Å². The minimum Gasteiger partial charge on any atom is -0.394 e. The Hall–Kier alpha value is -0.260. The van der Waals surface area contributed by atoms with Crippen LogP contribution in [0, 0.1) is 5.92 Å². The number of amides is 1. The molecule has 2 N–H and O–H groups in total. The number of hydrogen-bond acceptors (Lipinski definition) is 4. The van der Waals surface area contributed by atoms with Crippen LogP contribution in [0.5, 0.6) is 0 Å². The van der Waals surface area contributed by atoms with Crippen LogP contribution in [-0.2, 0) is 9.53 Å². The smallest absolute Gasteiger partial charge is 0.223 e. The van der Waals surface area contributed by atoms with Gasteiger partial charge in [-0.05, 0) is 25.0 Å². The summed E-state index contributed by atoms with van der Waals surface area (Å²) in [5.74, 6) is 2.41. The predicted molar refractivity (Wildman–Crippen MR) is 63.4 cm³/mol. The standard InChI is InChI=1S/C11H19NO3S/c13-4-5-15-11(3-6-16-8-11)7-12-10(14)9-1-2-9/h9,13H,1-8H2,(H,12,14). The van der Waals surface area contributed by atoms with E-state index in [1.165, 1.54) is 0 Å². The fourth-order valence-electron chi connectivity index (χ4n) is 1.89. The van der Waals surface area contributed by atoms with Gasteiger partial charge in [-0.25, -0.2) is 0 Å². The van der Waals surface area contributed by atoms with E-state index in [-0.39, 0.29) is 24.0 Å². The van der Waals surface area contributed by atoms with E-state index in [1.54, 1.807) is 0 Å². The molecule has 0 radical (unpaired) electrons. The van der Waals surface area contributed by atoms with E-state index in [0.717, 1.165) is 30.8 Å². The minimum atomic E-state index is -0.238. The molecule has 1 unspecified atom stereocenters. The number of aliphatic hydroxyl groups is 1. The van der Waals surface area contributed by atoms with Crippen LogP contribution in [0.1, 0.15) is 19.3 Å². The molecule has 5 heteroatoms. The number of nitrogens with one attached hydrogen (secondary N) is 1. The summed E-state index contributed by atoms with van der Waals surface area (Å²) in [5, 5.41) is 11.8. The van der Waals surface area contributed by atoms with Gasteiger partial charge in [-0.2, -0.15) is 11.8 Å². The lowest BCUT2D eigenvalue weighted by atomic mass is 10.0. The van der Waals surface area contributed by atoms with Crippen LogP contribution in [-0.4, -0.2) is 47.9 Å². The van der Waals surface area contributed by atoms with E-state index >= 15 is 0 Å². The van der Waals surface area contributed by atoms with Gasteiger partial charge in [-0.3, -0.25) is 4.79 Å². The first-order valence-electron chi connectivity index (χ1n) is 5.86. The summed E-state index contributed by atoms with van der Waals surface area (Å²) in [6.07, 6.45) is 3.03. The lowest BCUT2D eigenvalue weighted by Crippen LogP contribution is -2.46. The molecular weight excluding hydrogens is 226 g/mol. The number of carbonyl (C=O) groups is 1. The van der Waals surface area contributed by atoms with Crippen molar-refractivity contribution < 1.29 is 14.6 Å². The Morgan fingerprint density at radius 3 is 2.94 bits per heavy atom. The third kappa shape index (κ3) is 3.12. The second-order valence-corrected chi connectivity index (χ2v) is 5.65. The summed E-state index contributed by atoms with van der Waals surface area (Å²) in [6.45, 7) is 0.998. The maximum absolute atomic E-state index is 11.6. The Kier molecular flexibility index (Phi) is 4.10. The molecule has 1 saturated heterocycles. The van der Waals surface area contributed by atoms with Crippen LogP contribution in [0.2, 0.25) is 0 Å². The Bertz CT molecular complexity index is 250. The summed E-state index contributed by atoms with van der Waals surface area (Å²) in [4.78, 5) is 11.6. The molecule has 1 amide bonds. The van der Waals surface area contributed by atoms with E-state index in [4.69, 9.17) is 9.84 Å². The van der Waals surface area contributed by atoms with Gasteiger partial charge in [-0.1, -0.05) is 0 Å². The molecule has 1 atom stereocenters. The fraction of sp³-hybridized carbons (Fsp3) is 0.909. The minimum absolute atomic E-state index is 0.0446. The highest BCUT2D eigenvalue weighted by atomic mass is 32.2. The third-order valence-corrected chi connectivity index (χ3v) is 4.32. The molecular formula is C11H19NO3S. The molecule has 1 heterocycles.